The summed E-state index contributed by atoms with van der Waals surface area (Å²) in [5.74, 6) is 1.51. The van der Waals surface area contributed by atoms with Crippen molar-refractivity contribution >= 4 is 28.7 Å². The summed E-state index contributed by atoms with van der Waals surface area (Å²) in [7, 11) is 3.71. The van der Waals surface area contributed by atoms with E-state index in [0.29, 0.717) is 27.6 Å². The first kappa shape index (κ1) is 21.4. The lowest BCUT2D eigenvalue weighted by atomic mass is 10.1. The zero-order chi connectivity index (χ0) is 22.9. The molecule has 0 saturated carbocycles. The average molecular weight is 462 g/mol. The molecule has 4 aromatic rings. The van der Waals surface area contributed by atoms with Gasteiger partial charge in [0.05, 0.1) is 12.1 Å². The highest BCUT2D eigenvalue weighted by Gasteiger charge is 2.21. The quantitative estimate of drug-likeness (QED) is 0.489. The van der Waals surface area contributed by atoms with Gasteiger partial charge in [0.25, 0.3) is 5.91 Å². The van der Waals surface area contributed by atoms with Crippen LogP contribution in [0, 0.1) is 0 Å². The summed E-state index contributed by atoms with van der Waals surface area (Å²) in [6.45, 7) is 3.30. The SMILES string of the molecule is COc1ccc(-c2c(Cl)cnc3[nH]c(-c4ccc(C(=O)N5CCN(C)CC5)cc4)nc23)cc1. The first-order chi connectivity index (χ1) is 16.0. The Kier molecular flexibility index (Phi) is 5.74. The molecule has 2 aromatic heterocycles. The molecule has 168 valence electrons. The number of rotatable bonds is 4. The van der Waals surface area contributed by atoms with Gasteiger partial charge in [-0.2, -0.15) is 0 Å². The monoisotopic (exact) mass is 461 g/mol. The van der Waals surface area contributed by atoms with Crippen molar-refractivity contribution in [1.29, 1.82) is 0 Å². The van der Waals surface area contributed by atoms with E-state index in [-0.39, 0.29) is 5.91 Å². The molecule has 1 aliphatic rings. The third-order valence-electron chi connectivity index (χ3n) is 6.04. The van der Waals surface area contributed by atoms with Gasteiger partial charge >= 0.3 is 0 Å². The Hall–Kier alpha value is -3.42. The molecule has 5 rings (SSSR count). The summed E-state index contributed by atoms with van der Waals surface area (Å²) in [5.41, 5.74) is 4.64. The number of hydrogen-bond acceptors (Lipinski definition) is 5. The lowest BCUT2D eigenvalue weighted by Crippen LogP contribution is -2.47. The third kappa shape index (κ3) is 4.17. The van der Waals surface area contributed by atoms with E-state index in [1.807, 2.05) is 53.4 Å². The van der Waals surface area contributed by atoms with E-state index in [0.717, 1.165) is 48.6 Å². The van der Waals surface area contributed by atoms with Gasteiger partial charge in [-0.3, -0.25) is 4.79 Å². The van der Waals surface area contributed by atoms with Crippen LogP contribution in [0.1, 0.15) is 10.4 Å². The number of H-pyrrole nitrogens is 1. The molecule has 0 atom stereocenters. The van der Waals surface area contributed by atoms with Gasteiger partial charge in [0.15, 0.2) is 5.65 Å². The predicted molar refractivity (Wildman–Crippen MR) is 130 cm³/mol. The third-order valence-corrected chi connectivity index (χ3v) is 6.33. The Morgan fingerprint density at radius 2 is 1.67 bits per heavy atom. The van der Waals surface area contributed by atoms with Crippen molar-refractivity contribution in [3.8, 4) is 28.3 Å². The average Bonchev–Trinajstić information content (AvgIpc) is 3.28. The number of hydrogen-bond donors (Lipinski definition) is 1. The maximum Gasteiger partial charge on any atom is 0.253 e. The zero-order valence-corrected chi connectivity index (χ0v) is 19.3. The van der Waals surface area contributed by atoms with Crippen molar-refractivity contribution in [1.82, 2.24) is 24.8 Å². The van der Waals surface area contributed by atoms with Crippen LogP contribution in [0.5, 0.6) is 5.75 Å². The summed E-state index contributed by atoms with van der Waals surface area (Å²) < 4.78 is 5.26. The number of fused-ring (bicyclic) bond motifs is 1. The molecule has 0 unspecified atom stereocenters. The molecule has 33 heavy (non-hydrogen) atoms. The maximum absolute atomic E-state index is 12.8. The molecule has 2 aromatic carbocycles. The van der Waals surface area contributed by atoms with E-state index in [4.69, 9.17) is 21.3 Å². The van der Waals surface area contributed by atoms with Crippen LogP contribution in [0.15, 0.2) is 54.7 Å². The Bertz CT molecular complexity index is 1290. The lowest BCUT2D eigenvalue weighted by molar-refractivity contribution is 0.0664. The van der Waals surface area contributed by atoms with Crippen molar-refractivity contribution in [3.05, 3.63) is 65.3 Å². The number of benzene rings is 2. The second-order valence-electron chi connectivity index (χ2n) is 8.17. The highest BCUT2D eigenvalue weighted by Crippen LogP contribution is 2.35. The molecule has 1 saturated heterocycles. The number of pyridine rings is 1. The van der Waals surface area contributed by atoms with Crippen molar-refractivity contribution in [2.45, 2.75) is 0 Å². The molecular weight excluding hydrogens is 438 g/mol. The van der Waals surface area contributed by atoms with Crippen LogP contribution in [0.25, 0.3) is 33.7 Å². The van der Waals surface area contributed by atoms with Crippen molar-refractivity contribution in [2.24, 2.45) is 0 Å². The smallest absolute Gasteiger partial charge is 0.253 e. The van der Waals surface area contributed by atoms with Crippen LogP contribution in [-0.2, 0) is 0 Å². The minimum Gasteiger partial charge on any atom is -0.497 e. The van der Waals surface area contributed by atoms with Crippen molar-refractivity contribution in [2.75, 3.05) is 40.3 Å². The number of halogens is 1. The number of nitrogens with one attached hydrogen (secondary N) is 1. The van der Waals surface area contributed by atoms with Gasteiger partial charge < -0.3 is 19.5 Å². The molecule has 0 aliphatic carbocycles. The second kappa shape index (κ2) is 8.84. The summed E-state index contributed by atoms with van der Waals surface area (Å²) in [6.07, 6.45) is 1.63. The highest BCUT2D eigenvalue weighted by atomic mass is 35.5. The fourth-order valence-electron chi connectivity index (χ4n) is 4.06. The number of carbonyl (C=O) groups is 1. The van der Waals surface area contributed by atoms with Crippen LogP contribution in [0.2, 0.25) is 5.02 Å². The first-order valence-electron chi connectivity index (χ1n) is 10.8. The van der Waals surface area contributed by atoms with Gasteiger partial charge in [-0.1, -0.05) is 35.9 Å². The molecule has 1 fully saturated rings. The number of nitrogens with zero attached hydrogens (tertiary/aromatic N) is 4. The molecule has 0 radical (unpaired) electrons. The van der Waals surface area contributed by atoms with Crippen LogP contribution in [0.4, 0.5) is 0 Å². The number of aromatic nitrogens is 3. The molecule has 1 aliphatic heterocycles. The van der Waals surface area contributed by atoms with E-state index in [9.17, 15) is 4.79 Å². The maximum atomic E-state index is 12.8. The number of ether oxygens (including phenoxy) is 1. The molecule has 1 amide bonds. The van der Waals surface area contributed by atoms with Crippen LogP contribution >= 0.6 is 11.6 Å². The summed E-state index contributed by atoms with van der Waals surface area (Å²) in [5, 5.41) is 0.527. The van der Waals surface area contributed by atoms with Gasteiger partial charge in [0, 0.05) is 49.1 Å². The molecule has 0 bridgehead atoms. The fraction of sp³-hybridized carbons (Fsp3) is 0.240. The number of piperazine rings is 1. The Morgan fingerprint density at radius 3 is 2.33 bits per heavy atom. The van der Waals surface area contributed by atoms with E-state index >= 15 is 0 Å². The lowest BCUT2D eigenvalue weighted by Gasteiger charge is -2.32. The van der Waals surface area contributed by atoms with Gasteiger partial charge in [-0.05, 0) is 36.9 Å². The predicted octanol–water partition coefficient (Wildman–Crippen LogP) is 4.34. The van der Waals surface area contributed by atoms with E-state index in [1.165, 1.54) is 0 Å². The molecular formula is C25H24ClN5O2. The Morgan fingerprint density at radius 1 is 1.00 bits per heavy atom. The summed E-state index contributed by atoms with van der Waals surface area (Å²) >= 11 is 6.51. The van der Waals surface area contributed by atoms with E-state index < -0.39 is 0 Å². The summed E-state index contributed by atoms with van der Waals surface area (Å²) in [6, 6.07) is 15.2. The van der Waals surface area contributed by atoms with Gasteiger partial charge in [-0.15, -0.1) is 0 Å². The topological polar surface area (TPSA) is 74.3 Å². The molecule has 8 heteroatoms. The molecule has 0 spiro atoms. The van der Waals surface area contributed by atoms with Gasteiger partial charge in [-0.25, -0.2) is 9.97 Å². The number of aromatic amines is 1. The zero-order valence-electron chi connectivity index (χ0n) is 18.5. The van der Waals surface area contributed by atoms with E-state index in [1.54, 1.807) is 13.3 Å². The number of amides is 1. The first-order valence-corrected chi connectivity index (χ1v) is 11.2. The molecule has 3 heterocycles. The number of methoxy groups -OCH3 is 1. The normalized spacial score (nSPS) is 14.6. The molecule has 7 nitrogen and oxygen atoms in total. The van der Waals surface area contributed by atoms with Crippen molar-refractivity contribution in [3.63, 3.8) is 0 Å². The number of carbonyl (C=O) groups excluding carboxylic acids is 1. The number of likely N-dealkylation sites (N-methyl/N-ethyl adjacent to an activating group) is 1. The highest BCUT2D eigenvalue weighted by molar-refractivity contribution is 6.34. The summed E-state index contributed by atoms with van der Waals surface area (Å²) in [4.78, 5) is 29.5. The minimum absolute atomic E-state index is 0.0643. The Balaban J connectivity index is 1.45. The van der Waals surface area contributed by atoms with Crippen molar-refractivity contribution < 1.29 is 9.53 Å². The second-order valence-corrected chi connectivity index (χ2v) is 8.57. The van der Waals surface area contributed by atoms with Crippen LogP contribution < -0.4 is 4.74 Å². The van der Waals surface area contributed by atoms with Gasteiger partial charge in [0.1, 0.15) is 17.1 Å². The van der Waals surface area contributed by atoms with Crippen LogP contribution in [0.3, 0.4) is 0 Å². The standard InChI is InChI=1S/C25H24ClN5O2/c1-30-11-13-31(14-12-30)25(32)18-5-3-17(4-6-18)23-28-22-21(20(26)15-27-24(22)29-23)16-7-9-19(33-2)10-8-16/h3-10,15H,11-14H2,1-2H3,(H,27,28,29). The minimum atomic E-state index is 0.0643. The van der Waals surface area contributed by atoms with Gasteiger partial charge in [0.2, 0.25) is 0 Å². The molecule has 1 N–H and O–H groups in total. The Labute approximate surface area is 197 Å². The fourth-order valence-corrected chi connectivity index (χ4v) is 4.31. The number of imidazole rings is 1. The largest absolute Gasteiger partial charge is 0.497 e. The van der Waals surface area contributed by atoms with E-state index in [2.05, 4.69) is 21.9 Å². The van der Waals surface area contributed by atoms with Crippen LogP contribution in [-0.4, -0.2) is 71.0 Å².